The number of ether oxygens (including phenoxy) is 3. The fourth-order valence-electron chi connectivity index (χ4n) is 1.68. The monoisotopic (exact) mass is 312 g/mol. The first-order valence-electron chi connectivity index (χ1n) is 6.27. The lowest BCUT2D eigenvalue weighted by Crippen LogP contribution is -2.18. The highest BCUT2D eigenvalue weighted by atomic mass is 35.5. The van der Waals surface area contributed by atoms with Crippen LogP contribution in [0.3, 0.4) is 0 Å². The normalized spacial score (nSPS) is 11.4. The zero-order valence-electron chi connectivity index (χ0n) is 12.1. The highest BCUT2D eigenvalue weighted by Crippen LogP contribution is 2.32. The number of carbonyl (C=O) groups is 2. The number of halogens is 1. The summed E-state index contributed by atoms with van der Waals surface area (Å²) in [6, 6.07) is 4.81. The van der Waals surface area contributed by atoms with E-state index in [0.29, 0.717) is 16.3 Å². The van der Waals surface area contributed by atoms with E-state index in [1.165, 1.54) is 14.0 Å². The van der Waals surface area contributed by atoms with Gasteiger partial charge in [-0.2, -0.15) is 0 Å². The number of rotatable bonds is 6. The smallest absolute Gasteiger partial charge is 0.337 e. The third-order valence-corrected chi connectivity index (χ3v) is 2.91. The molecular weight excluding hydrogens is 296 g/mol. The van der Waals surface area contributed by atoms with E-state index in [-0.39, 0.29) is 12.2 Å². The van der Waals surface area contributed by atoms with E-state index in [9.17, 15) is 9.59 Å². The van der Waals surface area contributed by atoms with Crippen molar-refractivity contribution in [2.24, 2.45) is 0 Å². The molecule has 0 radical (unpaired) electrons. The molecule has 0 aromatic heterocycles. The molecule has 1 aromatic rings. The van der Waals surface area contributed by atoms with Crippen LogP contribution < -0.4 is 4.74 Å². The van der Waals surface area contributed by atoms with Crippen LogP contribution in [0.5, 0.6) is 5.75 Å². The summed E-state index contributed by atoms with van der Waals surface area (Å²) >= 11 is 6.04. The molecule has 0 N–H and O–H groups in total. The third kappa shape index (κ3) is 4.49. The molecule has 1 unspecified atom stereocenters. The van der Waals surface area contributed by atoms with Crippen molar-refractivity contribution in [3.63, 3.8) is 0 Å². The first kappa shape index (κ1) is 17.0. The summed E-state index contributed by atoms with van der Waals surface area (Å²) in [7, 11) is 1.49. The molecule has 0 aliphatic heterocycles. The van der Waals surface area contributed by atoms with E-state index in [2.05, 4.69) is 6.58 Å². The van der Waals surface area contributed by atoms with Crippen LogP contribution in [-0.4, -0.2) is 25.7 Å². The molecule has 0 amide bonds. The van der Waals surface area contributed by atoms with Gasteiger partial charge in [0.1, 0.15) is 5.75 Å². The predicted octanol–water partition coefficient (Wildman–Crippen LogP) is 3.07. The Morgan fingerprint density at radius 2 is 2.05 bits per heavy atom. The zero-order valence-corrected chi connectivity index (χ0v) is 12.9. The minimum atomic E-state index is -0.954. The van der Waals surface area contributed by atoms with E-state index in [1.807, 2.05) is 0 Å². The zero-order chi connectivity index (χ0) is 16.0. The molecule has 0 fully saturated rings. The lowest BCUT2D eigenvalue weighted by atomic mass is 10.0. The second-order valence-electron chi connectivity index (χ2n) is 4.13. The highest BCUT2D eigenvalue weighted by Gasteiger charge is 2.25. The van der Waals surface area contributed by atoms with Gasteiger partial charge in [0.2, 0.25) is 0 Å². The maximum Gasteiger partial charge on any atom is 0.337 e. The van der Waals surface area contributed by atoms with Gasteiger partial charge in [0.15, 0.2) is 6.10 Å². The van der Waals surface area contributed by atoms with Crippen molar-refractivity contribution in [2.75, 3.05) is 13.7 Å². The fraction of sp³-hybridized carbons (Fsp3) is 0.333. The van der Waals surface area contributed by atoms with Crippen LogP contribution in [0.2, 0.25) is 5.02 Å². The molecule has 1 aromatic carbocycles. The summed E-state index contributed by atoms with van der Waals surface area (Å²) in [5.74, 6) is -0.697. The lowest BCUT2D eigenvalue weighted by molar-refractivity contribution is -0.147. The van der Waals surface area contributed by atoms with Gasteiger partial charge in [-0.3, -0.25) is 4.79 Å². The van der Waals surface area contributed by atoms with Crippen molar-refractivity contribution in [3.8, 4) is 5.75 Å². The Bertz CT molecular complexity index is 553. The summed E-state index contributed by atoms with van der Waals surface area (Å²) in [6.45, 7) is 6.77. The van der Waals surface area contributed by atoms with E-state index < -0.39 is 18.0 Å². The Balaban J connectivity index is 3.13. The van der Waals surface area contributed by atoms with Crippen LogP contribution in [0.25, 0.3) is 0 Å². The largest absolute Gasteiger partial charge is 0.495 e. The standard InChI is InChI=1S/C15H17ClO5/c1-5-20-15(18)9(2)14(21-10(3)17)11-6-7-13(19-4)12(16)8-11/h6-8,14H,2,5H2,1,3-4H3. The second-order valence-corrected chi connectivity index (χ2v) is 4.54. The summed E-state index contributed by atoms with van der Waals surface area (Å²) < 4.78 is 15.1. The SMILES string of the molecule is C=C(C(=O)OCC)C(OC(C)=O)c1ccc(OC)c(Cl)c1. The Kier molecular flexibility index (Phi) is 6.24. The number of hydrogen-bond acceptors (Lipinski definition) is 5. The van der Waals surface area contributed by atoms with Gasteiger partial charge in [0, 0.05) is 6.92 Å². The molecule has 114 valence electrons. The van der Waals surface area contributed by atoms with Gasteiger partial charge < -0.3 is 14.2 Å². The van der Waals surface area contributed by atoms with Crippen LogP contribution in [0.4, 0.5) is 0 Å². The van der Waals surface area contributed by atoms with Crippen molar-refractivity contribution < 1.29 is 23.8 Å². The first-order valence-corrected chi connectivity index (χ1v) is 6.65. The van der Waals surface area contributed by atoms with E-state index >= 15 is 0 Å². The van der Waals surface area contributed by atoms with Crippen LogP contribution in [0.15, 0.2) is 30.4 Å². The lowest BCUT2D eigenvalue weighted by Gasteiger charge is -2.19. The van der Waals surface area contributed by atoms with Gasteiger partial charge in [-0.1, -0.05) is 24.2 Å². The fourth-order valence-corrected chi connectivity index (χ4v) is 1.95. The molecule has 0 spiro atoms. The molecule has 0 saturated carbocycles. The molecule has 1 rings (SSSR count). The van der Waals surface area contributed by atoms with Gasteiger partial charge in [0.25, 0.3) is 0 Å². The minimum absolute atomic E-state index is 0.0216. The topological polar surface area (TPSA) is 61.8 Å². The summed E-state index contributed by atoms with van der Waals surface area (Å²) in [5.41, 5.74) is 0.530. The number of benzene rings is 1. The van der Waals surface area contributed by atoms with Crippen LogP contribution in [0.1, 0.15) is 25.5 Å². The minimum Gasteiger partial charge on any atom is -0.495 e. The van der Waals surface area contributed by atoms with Gasteiger partial charge in [-0.15, -0.1) is 0 Å². The number of hydrogen-bond donors (Lipinski definition) is 0. The van der Waals surface area contributed by atoms with Gasteiger partial charge in [0.05, 0.1) is 24.3 Å². The van der Waals surface area contributed by atoms with E-state index in [1.54, 1.807) is 25.1 Å². The van der Waals surface area contributed by atoms with Gasteiger partial charge in [-0.25, -0.2) is 4.79 Å². The third-order valence-electron chi connectivity index (χ3n) is 2.62. The van der Waals surface area contributed by atoms with Crippen LogP contribution in [-0.2, 0) is 19.1 Å². The Morgan fingerprint density at radius 3 is 2.52 bits per heavy atom. The summed E-state index contributed by atoms with van der Waals surface area (Å²) in [6.07, 6.45) is -0.954. The van der Waals surface area contributed by atoms with Crippen molar-refractivity contribution in [1.82, 2.24) is 0 Å². The Hall–Kier alpha value is -2.01. The van der Waals surface area contributed by atoms with Crippen molar-refractivity contribution >= 4 is 23.5 Å². The number of methoxy groups -OCH3 is 1. The molecular formula is C15H17ClO5. The molecule has 1 atom stereocenters. The molecule has 6 heteroatoms. The van der Waals surface area contributed by atoms with Gasteiger partial charge in [-0.05, 0) is 24.6 Å². The number of carbonyl (C=O) groups excluding carboxylic acids is 2. The summed E-state index contributed by atoms with van der Waals surface area (Å²) in [4.78, 5) is 23.0. The second kappa shape index (κ2) is 7.69. The van der Waals surface area contributed by atoms with E-state index in [0.717, 1.165) is 0 Å². The maximum atomic E-state index is 11.8. The van der Waals surface area contributed by atoms with Crippen LogP contribution in [0, 0.1) is 0 Å². The van der Waals surface area contributed by atoms with E-state index in [4.69, 9.17) is 25.8 Å². The molecule has 5 nitrogen and oxygen atoms in total. The Morgan fingerprint density at radius 1 is 1.38 bits per heavy atom. The number of esters is 2. The first-order chi connectivity index (χ1) is 9.90. The Labute approximate surface area is 128 Å². The molecule has 0 aliphatic carbocycles. The summed E-state index contributed by atoms with van der Waals surface area (Å²) in [5, 5.41) is 0.337. The van der Waals surface area contributed by atoms with Crippen molar-refractivity contribution in [3.05, 3.63) is 40.9 Å². The highest BCUT2D eigenvalue weighted by molar-refractivity contribution is 6.32. The van der Waals surface area contributed by atoms with Crippen molar-refractivity contribution in [2.45, 2.75) is 20.0 Å². The van der Waals surface area contributed by atoms with Gasteiger partial charge >= 0.3 is 11.9 Å². The van der Waals surface area contributed by atoms with Crippen LogP contribution >= 0.6 is 11.6 Å². The van der Waals surface area contributed by atoms with Crippen molar-refractivity contribution in [1.29, 1.82) is 0 Å². The average Bonchev–Trinajstić information content (AvgIpc) is 2.44. The maximum absolute atomic E-state index is 11.8. The quantitative estimate of drug-likeness (QED) is 0.596. The molecule has 0 aliphatic rings. The molecule has 0 saturated heterocycles. The molecule has 0 bridgehead atoms. The average molecular weight is 313 g/mol. The molecule has 0 heterocycles. The predicted molar refractivity (Wildman–Crippen MR) is 78.3 cm³/mol. The molecule has 21 heavy (non-hydrogen) atoms.